The topological polar surface area (TPSA) is 9.23 Å². The third-order valence-corrected chi connectivity index (χ3v) is 5.70. The van der Waals surface area contributed by atoms with Gasteiger partial charge in [-0.05, 0) is 52.6 Å². The van der Waals surface area contributed by atoms with Crippen molar-refractivity contribution >= 4 is 10.8 Å². The average molecular weight is 452 g/mol. The van der Waals surface area contributed by atoms with Crippen LogP contribution in [0.3, 0.4) is 0 Å². The standard InChI is InChI=1S/C28H24F4O/c1-2-3-4-5-19-6-16-26-23(18-19)13-17-25(27(26)29)22-9-7-20(8-10-22)21-11-14-24(15-12-21)33-28(30,31)32/h6-18H,2-5H2,1H3. The van der Waals surface area contributed by atoms with Crippen molar-refractivity contribution in [1.82, 2.24) is 0 Å². The van der Waals surface area contributed by atoms with E-state index in [1.54, 1.807) is 18.2 Å². The van der Waals surface area contributed by atoms with Crippen molar-refractivity contribution in [3.8, 4) is 28.0 Å². The number of halogens is 4. The summed E-state index contributed by atoms with van der Waals surface area (Å²) < 4.78 is 56.2. The number of aryl methyl sites for hydroxylation is 1. The van der Waals surface area contributed by atoms with E-state index >= 15 is 4.39 Å². The summed E-state index contributed by atoms with van der Waals surface area (Å²) in [5.74, 6) is -0.524. The van der Waals surface area contributed by atoms with Gasteiger partial charge in [-0.1, -0.05) is 86.5 Å². The summed E-state index contributed by atoms with van der Waals surface area (Å²) >= 11 is 0. The van der Waals surface area contributed by atoms with Crippen LogP contribution < -0.4 is 4.74 Å². The van der Waals surface area contributed by atoms with E-state index in [9.17, 15) is 13.2 Å². The summed E-state index contributed by atoms with van der Waals surface area (Å²) in [7, 11) is 0. The van der Waals surface area contributed by atoms with Crippen LogP contribution in [0.2, 0.25) is 0 Å². The number of benzene rings is 4. The Morgan fingerprint density at radius 3 is 2.00 bits per heavy atom. The van der Waals surface area contributed by atoms with E-state index in [0.29, 0.717) is 10.9 Å². The number of hydrogen-bond acceptors (Lipinski definition) is 1. The van der Waals surface area contributed by atoms with E-state index in [1.165, 1.54) is 30.5 Å². The lowest BCUT2D eigenvalue weighted by Gasteiger charge is -2.11. The molecule has 0 atom stereocenters. The minimum Gasteiger partial charge on any atom is -0.406 e. The SMILES string of the molecule is CCCCCc1ccc2c(F)c(-c3ccc(-c4ccc(OC(F)(F)F)cc4)cc3)ccc2c1. The molecule has 0 heterocycles. The maximum absolute atomic E-state index is 15.3. The second-order valence-corrected chi connectivity index (χ2v) is 8.09. The Balaban J connectivity index is 1.55. The number of ether oxygens (including phenoxy) is 1. The van der Waals surface area contributed by atoms with E-state index < -0.39 is 6.36 Å². The van der Waals surface area contributed by atoms with Crippen molar-refractivity contribution in [3.63, 3.8) is 0 Å². The zero-order valence-electron chi connectivity index (χ0n) is 18.3. The summed E-state index contributed by atoms with van der Waals surface area (Å²) in [5.41, 5.74) is 4.03. The number of unbranched alkanes of at least 4 members (excludes halogenated alkanes) is 2. The minimum atomic E-state index is -4.72. The maximum atomic E-state index is 15.3. The van der Waals surface area contributed by atoms with Crippen LogP contribution in [0, 0.1) is 5.82 Å². The highest BCUT2D eigenvalue weighted by atomic mass is 19.4. The molecular formula is C28H24F4O. The molecule has 0 aliphatic heterocycles. The first-order chi connectivity index (χ1) is 15.8. The fourth-order valence-corrected chi connectivity index (χ4v) is 3.99. The van der Waals surface area contributed by atoms with Gasteiger partial charge >= 0.3 is 6.36 Å². The van der Waals surface area contributed by atoms with Crippen molar-refractivity contribution in [3.05, 3.63) is 90.2 Å². The van der Waals surface area contributed by atoms with Crippen molar-refractivity contribution in [2.24, 2.45) is 0 Å². The fraction of sp³-hybridized carbons (Fsp3) is 0.214. The van der Waals surface area contributed by atoms with Gasteiger partial charge in [-0.15, -0.1) is 13.2 Å². The summed E-state index contributed by atoms with van der Waals surface area (Å²) in [4.78, 5) is 0. The molecule has 0 radical (unpaired) electrons. The van der Waals surface area contributed by atoms with Crippen LogP contribution in [0.5, 0.6) is 5.75 Å². The maximum Gasteiger partial charge on any atom is 0.573 e. The molecule has 0 bridgehead atoms. The summed E-state index contributed by atoms with van der Waals surface area (Å²) in [6.07, 6.45) is -0.233. The van der Waals surface area contributed by atoms with E-state index in [-0.39, 0.29) is 11.6 Å². The van der Waals surface area contributed by atoms with Gasteiger partial charge in [0.1, 0.15) is 11.6 Å². The van der Waals surface area contributed by atoms with Crippen molar-refractivity contribution < 1.29 is 22.3 Å². The van der Waals surface area contributed by atoms with Gasteiger partial charge in [-0.3, -0.25) is 0 Å². The van der Waals surface area contributed by atoms with Gasteiger partial charge in [0.05, 0.1) is 0 Å². The van der Waals surface area contributed by atoms with E-state index in [4.69, 9.17) is 0 Å². The predicted molar refractivity (Wildman–Crippen MR) is 125 cm³/mol. The van der Waals surface area contributed by atoms with E-state index in [2.05, 4.69) is 17.7 Å². The molecule has 0 N–H and O–H groups in total. The number of hydrogen-bond donors (Lipinski definition) is 0. The Hall–Kier alpha value is -3.34. The van der Waals surface area contributed by atoms with E-state index in [0.717, 1.165) is 34.9 Å². The van der Waals surface area contributed by atoms with Crippen molar-refractivity contribution in [2.45, 2.75) is 39.0 Å². The summed E-state index contributed by atoms with van der Waals surface area (Å²) in [6, 6.07) is 22.6. The molecule has 4 aromatic rings. The van der Waals surface area contributed by atoms with E-state index in [1.807, 2.05) is 42.5 Å². The zero-order valence-corrected chi connectivity index (χ0v) is 18.3. The first-order valence-electron chi connectivity index (χ1n) is 11.0. The normalized spacial score (nSPS) is 11.7. The molecule has 4 rings (SSSR count). The van der Waals surface area contributed by atoms with Crippen LogP contribution in [0.15, 0.2) is 78.9 Å². The quantitative estimate of drug-likeness (QED) is 0.201. The van der Waals surface area contributed by atoms with Gasteiger partial charge in [0.25, 0.3) is 0 Å². The Bertz CT molecular complexity index is 1230. The van der Waals surface area contributed by atoms with Crippen molar-refractivity contribution in [1.29, 1.82) is 0 Å². The molecule has 0 saturated carbocycles. The molecule has 33 heavy (non-hydrogen) atoms. The second kappa shape index (κ2) is 9.65. The van der Waals surface area contributed by atoms with Crippen LogP contribution in [0.4, 0.5) is 17.6 Å². The smallest absolute Gasteiger partial charge is 0.406 e. The molecule has 0 unspecified atom stereocenters. The lowest BCUT2D eigenvalue weighted by atomic mass is 9.96. The van der Waals surface area contributed by atoms with Gasteiger partial charge in [0.15, 0.2) is 0 Å². The van der Waals surface area contributed by atoms with Gasteiger partial charge in [-0.25, -0.2) is 4.39 Å². The fourth-order valence-electron chi connectivity index (χ4n) is 3.99. The Labute approximate surface area is 190 Å². The minimum absolute atomic E-state index is 0.256. The lowest BCUT2D eigenvalue weighted by Crippen LogP contribution is -2.16. The highest BCUT2D eigenvalue weighted by molar-refractivity contribution is 5.89. The molecule has 5 heteroatoms. The largest absolute Gasteiger partial charge is 0.573 e. The van der Waals surface area contributed by atoms with Crippen molar-refractivity contribution in [2.75, 3.05) is 0 Å². The molecule has 0 aliphatic rings. The van der Waals surface area contributed by atoms with Crippen LogP contribution in [-0.4, -0.2) is 6.36 Å². The van der Waals surface area contributed by atoms with Gasteiger partial charge < -0.3 is 4.74 Å². The average Bonchev–Trinajstić information content (AvgIpc) is 2.79. The van der Waals surface area contributed by atoms with Crippen LogP contribution in [0.1, 0.15) is 31.7 Å². The monoisotopic (exact) mass is 452 g/mol. The molecule has 0 amide bonds. The van der Waals surface area contributed by atoms with Crippen LogP contribution in [0.25, 0.3) is 33.0 Å². The first kappa shape index (κ1) is 22.8. The third kappa shape index (κ3) is 5.54. The third-order valence-electron chi connectivity index (χ3n) is 5.70. The number of rotatable bonds is 7. The molecule has 0 aromatic heterocycles. The van der Waals surface area contributed by atoms with Gasteiger partial charge in [-0.2, -0.15) is 0 Å². The molecular weight excluding hydrogens is 428 g/mol. The van der Waals surface area contributed by atoms with Gasteiger partial charge in [0.2, 0.25) is 0 Å². The molecule has 0 spiro atoms. The molecule has 0 aliphatic carbocycles. The highest BCUT2D eigenvalue weighted by Gasteiger charge is 2.30. The molecule has 170 valence electrons. The Kier molecular flexibility index (Phi) is 6.68. The van der Waals surface area contributed by atoms with Gasteiger partial charge in [0, 0.05) is 10.9 Å². The predicted octanol–water partition coefficient (Wildman–Crippen LogP) is 8.94. The highest BCUT2D eigenvalue weighted by Crippen LogP contribution is 2.32. The Morgan fingerprint density at radius 1 is 0.727 bits per heavy atom. The first-order valence-corrected chi connectivity index (χ1v) is 11.0. The molecule has 0 fully saturated rings. The Morgan fingerprint density at radius 2 is 1.36 bits per heavy atom. The zero-order chi connectivity index (χ0) is 23.4. The lowest BCUT2D eigenvalue weighted by molar-refractivity contribution is -0.274. The molecule has 1 nitrogen and oxygen atoms in total. The number of fused-ring (bicyclic) bond motifs is 1. The van der Waals surface area contributed by atoms with Crippen LogP contribution >= 0.6 is 0 Å². The summed E-state index contributed by atoms with van der Waals surface area (Å²) in [6.45, 7) is 2.17. The molecule has 0 saturated heterocycles. The number of alkyl halides is 3. The summed E-state index contributed by atoms with van der Waals surface area (Å²) in [5, 5.41) is 1.49. The second-order valence-electron chi connectivity index (χ2n) is 8.09. The molecule has 4 aromatic carbocycles. The van der Waals surface area contributed by atoms with Crippen LogP contribution in [-0.2, 0) is 6.42 Å².